The van der Waals surface area contributed by atoms with E-state index >= 15 is 0 Å². The molecule has 1 unspecified atom stereocenters. The molecule has 2 atom stereocenters. The minimum Gasteiger partial charge on any atom is -0.368 e. The molecule has 1 amide bonds. The van der Waals surface area contributed by atoms with Crippen molar-refractivity contribution in [3.05, 3.63) is 36.0 Å². The fourth-order valence-corrected chi connectivity index (χ4v) is 2.12. The molecule has 0 aliphatic rings. The van der Waals surface area contributed by atoms with Crippen LogP contribution < -0.4 is 11.5 Å². The predicted molar refractivity (Wildman–Crippen MR) is 73.3 cm³/mol. The van der Waals surface area contributed by atoms with Crippen LogP contribution in [0.4, 0.5) is 0 Å². The monoisotopic (exact) mass is 270 g/mol. The topological polar surface area (TPSA) is 126 Å². The Bertz CT molecular complexity index is 699. The number of carbonyl (C=O) groups is 2. The number of Topliss-reactive ketones (excluding diaryl/α,β-unsaturated/α-hetero) is 1. The third-order valence-electron chi connectivity index (χ3n) is 3.18. The van der Waals surface area contributed by atoms with Crippen molar-refractivity contribution in [2.75, 3.05) is 0 Å². The van der Waals surface area contributed by atoms with Crippen LogP contribution >= 0.6 is 0 Å². The second-order valence-electron chi connectivity index (χ2n) is 4.54. The smallest absolute Gasteiger partial charge is 0.242 e. The van der Waals surface area contributed by atoms with Gasteiger partial charge in [0.25, 0.3) is 0 Å². The van der Waals surface area contributed by atoms with Crippen molar-refractivity contribution >= 4 is 22.6 Å². The molecule has 2 aromatic rings. The number of benzene rings is 1. The summed E-state index contributed by atoms with van der Waals surface area (Å²) < 4.78 is 0. The first kappa shape index (κ1) is 13.8. The zero-order valence-corrected chi connectivity index (χ0v) is 10.7. The number of amides is 1. The lowest BCUT2D eigenvalue weighted by molar-refractivity contribution is -0.130. The Morgan fingerprint density at radius 3 is 2.70 bits per heavy atom. The standard InChI is InChI=1S/C14H14N4O2/c15-6-10(14(17)20)13(19)11(16)5-8-7-18-12-4-2-1-3-9(8)12/h1-4,7,10-11,18H,5,16H2,(H2,17,20)/t10?,11-/m0/s1. The Morgan fingerprint density at radius 1 is 1.35 bits per heavy atom. The van der Waals surface area contributed by atoms with Crippen molar-refractivity contribution < 1.29 is 9.59 Å². The van der Waals surface area contributed by atoms with Crippen LogP contribution in [0.1, 0.15) is 5.56 Å². The molecule has 0 fully saturated rings. The summed E-state index contributed by atoms with van der Waals surface area (Å²) in [6, 6.07) is 8.25. The predicted octanol–water partition coefficient (Wildman–Crippen LogP) is 0.232. The van der Waals surface area contributed by atoms with Gasteiger partial charge in [-0.25, -0.2) is 0 Å². The second kappa shape index (κ2) is 5.55. The van der Waals surface area contributed by atoms with Crippen molar-refractivity contribution in [3.8, 4) is 6.07 Å². The molecule has 0 bridgehead atoms. The summed E-state index contributed by atoms with van der Waals surface area (Å²) >= 11 is 0. The summed E-state index contributed by atoms with van der Waals surface area (Å²) in [4.78, 5) is 26.0. The number of para-hydroxylation sites is 1. The number of ketones is 1. The number of H-pyrrole nitrogens is 1. The molecule has 102 valence electrons. The number of nitrogens with one attached hydrogen (secondary N) is 1. The fourth-order valence-electron chi connectivity index (χ4n) is 2.12. The first-order chi connectivity index (χ1) is 9.54. The van der Waals surface area contributed by atoms with Crippen LogP contribution in [0.25, 0.3) is 10.9 Å². The summed E-state index contributed by atoms with van der Waals surface area (Å²) in [6.45, 7) is 0. The van der Waals surface area contributed by atoms with Gasteiger partial charge in [0.05, 0.1) is 12.1 Å². The summed E-state index contributed by atoms with van der Waals surface area (Å²) in [5, 5.41) is 9.74. The maximum absolute atomic E-state index is 11.9. The van der Waals surface area contributed by atoms with Crippen molar-refractivity contribution in [1.29, 1.82) is 5.26 Å². The molecule has 5 N–H and O–H groups in total. The number of aromatic nitrogens is 1. The number of nitrogens with zero attached hydrogens (tertiary/aromatic N) is 1. The number of rotatable bonds is 5. The SMILES string of the molecule is N#CC(C(N)=O)C(=O)[C@@H](N)Cc1c[nH]c2ccccc12. The zero-order chi connectivity index (χ0) is 14.7. The van der Waals surface area contributed by atoms with Gasteiger partial charge in [0.1, 0.15) is 0 Å². The van der Waals surface area contributed by atoms with Gasteiger partial charge in [0.2, 0.25) is 5.91 Å². The highest BCUT2D eigenvalue weighted by molar-refractivity contribution is 6.05. The molecule has 1 aromatic carbocycles. The molecule has 1 heterocycles. The van der Waals surface area contributed by atoms with Crippen LogP contribution in [0.15, 0.2) is 30.5 Å². The van der Waals surface area contributed by atoms with Crippen molar-refractivity contribution in [2.24, 2.45) is 17.4 Å². The van der Waals surface area contributed by atoms with Crippen LogP contribution in [-0.4, -0.2) is 22.7 Å². The largest absolute Gasteiger partial charge is 0.368 e. The Labute approximate surface area is 115 Å². The molecule has 1 aromatic heterocycles. The van der Waals surface area contributed by atoms with Crippen molar-refractivity contribution in [2.45, 2.75) is 12.5 Å². The maximum atomic E-state index is 11.9. The van der Waals surface area contributed by atoms with E-state index in [4.69, 9.17) is 16.7 Å². The average molecular weight is 270 g/mol. The lowest BCUT2D eigenvalue weighted by Crippen LogP contribution is -2.42. The number of carbonyl (C=O) groups excluding carboxylic acids is 2. The van der Waals surface area contributed by atoms with E-state index in [1.165, 1.54) is 0 Å². The van der Waals surface area contributed by atoms with Gasteiger partial charge < -0.3 is 16.5 Å². The maximum Gasteiger partial charge on any atom is 0.242 e. The molecular weight excluding hydrogens is 256 g/mol. The van der Waals surface area contributed by atoms with Crippen LogP contribution in [-0.2, 0) is 16.0 Å². The summed E-state index contributed by atoms with van der Waals surface area (Å²) in [6.07, 6.45) is 2.01. The number of hydrogen-bond acceptors (Lipinski definition) is 4. The van der Waals surface area contributed by atoms with Gasteiger partial charge in [-0.05, 0) is 18.1 Å². The van der Waals surface area contributed by atoms with Gasteiger partial charge in [-0.1, -0.05) is 18.2 Å². The van der Waals surface area contributed by atoms with Gasteiger partial charge in [0, 0.05) is 17.1 Å². The number of nitriles is 1. The third-order valence-corrected chi connectivity index (χ3v) is 3.18. The number of fused-ring (bicyclic) bond motifs is 1. The number of hydrogen-bond donors (Lipinski definition) is 3. The quantitative estimate of drug-likeness (QED) is 0.672. The molecule has 6 nitrogen and oxygen atoms in total. The first-order valence-corrected chi connectivity index (χ1v) is 6.08. The van der Waals surface area contributed by atoms with Gasteiger partial charge in [-0.2, -0.15) is 5.26 Å². The lowest BCUT2D eigenvalue weighted by atomic mass is 9.94. The molecule has 2 rings (SSSR count). The lowest BCUT2D eigenvalue weighted by Gasteiger charge is -2.11. The number of nitrogens with two attached hydrogens (primary N) is 2. The van der Waals surface area contributed by atoms with E-state index in [-0.39, 0.29) is 6.42 Å². The fraction of sp³-hybridized carbons (Fsp3) is 0.214. The van der Waals surface area contributed by atoms with Crippen molar-refractivity contribution in [1.82, 2.24) is 4.98 Å². The summed E-state index contributed by atoms with van der Waals surface area (Å²) in [5.74, 6) is -3.10. The van der Waals surface area contributed by atoms with Gasteiger partial charge >= 0.3 is 0 Å². The molecular formula is C14H14N4O2. The van der Waals surface area contributed by atoms with E-state index in [0.717, 1.165) is 16.5 Å². The Balaban J connectivity index is 2.20. The van der Waals surface area contributed by atoms with Gasteiger partial charge in [-0.15, -0.1) is 0 Å². The summed E-state index contributed by atoms with van der Waals surface area (Å²) in [5.41, 5.74) is 12.6. The molecule has 0 aliphatic carbocycles. The second-order valence-corrected chi connectivity index (χ2v) is 4.54. The van der Waals surface area contributed by atoms with E-state index in [2.05, 4.69) is 4.98 Å². The van der Waals surface area contributed by atoms with Crippen LogP contribution in [0, 0.1) is 17.2 Å². The minimum atomic E-state index is -1.49. The molecule has 0 saturated carbocycles. The highest BCUT2D eigenvalue weighted by Gasteiger charge is 2.29. The van der Waals surface area contributed by atoms with E-state index < -0.39 is 23.7 Å². The molecule has 0 saturated heterocycles. The molecule has 0 spiro atoms. The Hall–Kier alpha value is -2.65. The van der Waals surface area contributed by atoms with Gasteiger partial charge in [0.15, 0.2) is 11.7 Å². The minimum absolute atomic E-state index is 0.244. The van der Waals surface area contributed by atoms with Crippen LogP contribution in [0.5, 0.6) is 0 Å². The van der Waals surface area contributed by atoms with E-state index in [1.54, 1.807) is 12.3 Å². The van der Waals surface area contributed by atoms with E-state index in [1.807, 2.05) is 24.3 Å². The number of aromatic amines is 1. The highest BCUT2D eigenvalue weighted by atomic mass is 16.2. The van der Waals surface area contributed by atoms with E-state index in [9.17, 15) is 9.59 Å². The summed E-state index contributed by atoms with van der Waals surface area (Å²) in [7, 11) is 0. The Kier molecular flexibility index (Phi) is 3.82. The van der Waals surface area contributed by atoms with Crippen LogP contribution in [0.3, 0.4) is 0 Å². The average Bonchev–Trinajstić information content (AvgIpc) is 2.82. The van der Waals surface area contributed by atoms with Gasteiger partial charge in [-0.3, -0.25) is 9.59 Å². The molecule has 0 radical (unpaired) electrons. The highest BCUT2D eigenvalue weighted by Crippen LogP contribution is 2.19. The van der Waals surface area contributed by atoms with E-state index in [0.29, 0.717) is 0 Å². The third kappa shape index (κ3) is 2.53. The molecule has 6 heteroatoms. The van der Waals surface area contributed by atoms with Crippen molar-refractivity contribution in [3.63, 3.8) is 0 Å². The molecule has 0 aliphatic heterocycles. The zero-order valence-electron chi connectivity index (χ0n) is 10.7. The van der Waals surface area contributed by atoms with Crippen LogP contribution in [0.2, 0.25) is 0 Å². The first-order valence-electron chi connectivity index (χ1n) is 6.08. The normalized spacial score (nSPS) is 13.6. The molecule has 20 heavy (non-hydrogen) atoms. The number of primary amides is 1. The Morgan fingerprint density at radius 2 is 2.05 bits per heavy atom.